The van der Waals surface area contributed by atoms with E-state index < -0.39 is 0 Å². The van der Waals surface area contributed by atoms with Gasteiger partial charge in [-0.15, -0.1) is 0 Å². The molecule has 2 aromatic heterocycles. The van der Waals surface area contributed by atoms with Crippen molar-refractivity contribution in [3.8, 4) is 39.4 Å². The number of fused-ring (bicyclic) bond motifs is 6. The minimum absolute atomic E-state index is 0.565. The molecule has 0 spiro atoms. The lowest BCUT2D eigenvalue weighted by molar-refractivity contribution is 0.302. The maximum atomic E-state index is 6.29. The molecular weight excluding hydrogens is 444 g/mol. The number of aromatic amines is 2. The van der Waals surface area contributed by atoms with Crippen molar-refractivity contribution in [2.45, 2.75) is 59.0 Å². The van der Waals surface area contributed by atoms with E-state index in [2.05, 4.69) is 83.4 Å². The van der Waals surface area contributed by atoms with Gasteiger partial charge in [0, 0.05) is 29.7 Å². The second-order valence-electron chi connectivity index (χ2n) is 9.59. The van der Waals surface area contributed by atoms with Crippen LogP contribution in [-0.4, -0.2) is 19.9 Å². The Balaban J connectivity index is 1.30. The number of benzene rings is 2. The number of nitrogens with zero attached hydrogens (tertiary/aromatic N) is 2. The molecule has 1 aliphatic heterocycles. The number of imidazole rings is 2. The lowest BCUT2D eigenvalue weighted by Gasteiger charge is -2.25. The Bertz CT molecular complexity index is 1470. The van der Waals surface area contributed by atoms with Gasteiger partial charge in [0.05, 0.1) is 17.6 Å². The molecule has 6 rings (SSSR count). The Morgan fingerprint density at radius 2 is 1.67 bits per heavy atom. The third-order valence-electron chi connectivity index (χ3n) is 7.08. The van der Waals surface area contributed by atoms with E-state index in [0.717, 1.165) is 72.9 Å². The fourth-order valence-electron chi connectivity index (χ4n) is 5.24. The van der Waals surface area contributed by atoms with E-state index in [4.69, 9.17) is 9.72 Å². The Labute approximate surface area is 212 Å². The first kappa shape index (κ1) is 22.6. The summed E-state index contributed by atoms with van der Waals surface area (Å²) in [6.45, 7) is 4.86. The van der Waals surface area contributed by atoms with Crippen LogP contribution in [0.15, 0.2) is 60.8 Å². The molecular formula is C31H32N4O. The number of hydrogen-bond acceptors (Lipinski definition) is 3. The molecule has 1 aliphatic carbocycles. The molecule has 0 saturated carbocycles. The van der Waals surface area contributed by atoms with Crippen molar-refractivity contribution in [2.24, 2.45) is 0 Å². The predicted octanol–water partition coefficient (Wildman–Crippen LogP) is 7.14. The molecule has 2 aliphatic rings. The fourth-order valence-corrected chi connectivity index (χ4v) is 5.24. The molecule has 0 radical (unpaired) electrons. The SMILES string of the molecule is CCC=CCc1ncc(-c2ccc3c(c2)COc2cc4c(cc2-3)CCc2[nH]c(CC=CCC)nc2-4)[nH]1. The van der Waals surface area contributed by atoms with Gasteiger partial charge >= 0.3 is 0 Å². The van der Waals surface area contributed by atoms with Crippen LogP contribution in [-0.2, 0) is 32.3 Å². The topological polar surface area (TPSA) is 66.6 Å². The lowest BCUT2D eigenvalue weighted by Crippen LogP contribution is -2.09. The first-order valence-corrected chi connectivity index (χ1v) is 13.1. The summed E-state index contributed by atoms with van der Waals surface area (Å²) in [5, 5.41) is 0. The van der Waals surface area contributed by atoms with E-state index in [1.54, 1.807) is 0 Å². The first-order valence-electron chi connectivity index (χ1n) is 13.1. The standard InChI is InChI=1S/C31H32N4O/c1-3-5-7-9-29-32-18-27(34-29)21-11-13-23-22(15-21)19-36-28-17-24-20(16-25(23)28)12-14-26-31(24)35-30(33-26)10-8-6-4-2/h5-8,11,13,15-18H,3-4,9-10,12,14,19H2,1-2H3,(H,32,34)(H,33,35). The zero-order valence-corrected chi connectivity index (χ0v) is 21.0. The lowest BCUT2D eigenvalue weighted by atomic mass is 9.86. The Morgan fingerprint density at radius 1 is 0.833 bits per heavy atom. The van der Waals surface area contributed by atoms with Gasteiger partial charge < -0.3 is 14.7 Å². The van der Waals surface area contributed by atoms with E-state index in [1.807, 2.05) is 6.20 Å². The highest BCUT2D eigenvalue weighted by Crippen LogP contribution is 2.44. The summed E-state index contributed by atoms with van der Waals surface area (Å²) in [7, 11) is 0. The number of rotatable bonds is 7. The molecule has 2 N–H and O–H groups in total. The van der Waals surface area contributed by atoms with E-state index in [9.17, 15) is 0 Å². The van der Waals surface area contributed by atoms with E-state index in [-0.39, 0.29) is 0 Å². The summed E-state index contributed by atoms with van der Waals surface area (Å²) in [6.07, 6.45) is 16.4. The normalized spacial score (nSPS) is 13.9. The number of aromatic nitrogens is 4. The zero-order chi connectivity index (χ0) is 24.5. The number of hydrogen-bond donors (Lipinski definition) is 2. The highest BCUT2D eigenvalue weighted by atomic mass is 16.5. The highest BCUT2D eigenvalue weighted by molar-refractivity contribution is 5.83. The molecule has 0 atom stereocenters. The van der Waals surface area contributed by atoms with Crippen molar-refractivity contribution in [3.63, 3.8) is 0 Å². The molecule has 4 aromatic rings. The monoisotopic (exact) mass is 476 g/mol. The molecule has 5 nitrogen and oxygen atoms in total. The van der Waals surface area contributed by atoms with Crippen molar-refractivity contribution in [1.29, 1.82) is 0 Å². The van der Waals surface area contributed by atoms with Gasteiger partial charge in [-0.1, -0.05) is 50.3 Å². The van der Waals surface area contributed by atoms with Crippen LogP contribution in [0.4, 0.5) is 0 Å². The van der Waals surface area contributed by atoms with Gasteiger partial charge in [-0.3, -0.25) is 0 Å². The van der Waals surface area contributed by atoms with Crippen molar-refractivity contribution in [2.75, 3.05) is 0 Å². The van der Waals surface area contributed by atoms with Crippen molar-refractivity contribution < 1.29 is 4.74 Å². The van der Waals surface area contributed by atoms with Gasteiger partial charge in [0.25, 0.3) is 0 Å². The first-order chi connectivity index (χ1) is 17.7. The predicted molar refractivity (Wildman–Crippen MR) is 145 cm³/mol. The number of ether oxygens (including phenoxy) is 1. The van der Waals surface area contributed by atoms with Gasteiger partial charge in [-0.05, 0) is 66.1 Å². The quantitative estimate of drug-likeness (QED) is 0.279. The van der Waals surface area contributed by atoms with Crippen LogP contribution >= 0.6 is 0 Å². The van der Waals surface area contributed by atoms with Gasteiger partial charge in [-0.2, -0.15) is 0 Å². The Morgan fingerprint density at radius 3 is 2.50 bits per heavy atom. The van der Waals surface area contributed by atoms with Crippen LogP contribution in [0, 0.1) is 0 Å². The molecule has 0 amide bonds. The molecule has 0 saturated heterocycles. The summed E-state index contributed by atoms with van der Waals surface area (Å²) in [5.74, 6) is 2.98. The van der Waals surface area contributed by atoms with Gasteiger partial charge in [0.1, 0.15) is 24.0 Å². The molecule has 182 valence electrons. The Hall–Kier alpha value is -3.86. The third-order valence-corrected chi connectivity index (χ3v) is 7.08. The van der Waals surface area contributed by atoms with E-state index in [0.29, 0.717) is 6.61 Å². The minimum atomic E-state index is 0.565. The van der Waals surface area contributed by atoms with Crippen molar-refractivity contribution >= 4 is 0 Å². The molecule has 5 heteroatoms. The van der Waals surface area contributed by atoms with E-state index >= 15 is 0 Å². The van der Waals surface area contributed by atoms with Crippen LogP contribution in [0.25, 0.3) is 33.6 Å². The largest absolute Gasteiger partial charge is 0.488 e. The molecule has 0 bridgehead atoms. The summed E-state index contributed by atoms with van der Waals surface area (Å²) in [6, 6.07) is 11.2. The highest BCUT2D eigenvalue weighted by Gasteiger charge is 2.26. The summed E-state index contributed by atoms with van der Waals surface area (Å²) < 4.78 is 6.29. The van der Waals surface area contributed by atoms with Gasteiger partial charge in [0.2, 0.25) is 0 Å². The Kier molecular flexibility index (Phi) is 6.06. The number of nitrogens with one attached hydrogen (secondary N) is 2. The molecule has 2 aromatic carbocycles. The van der Waals surface area contributed by atoms with Crippen LogP contribution in [0.3, 0.4) is 0 Å². The second kappa shape index (κ2) is 9.65. The van der Waals surface area contributed by atoms with Crippen LogP contribution < -0.4 is 4.74 Å². The molecule has 0 unspecified atom stereocenters. The maximum absolute atomic E-state index is 6.29. The average molecular weight is 477 g/mol. The molecule has 3 heterocycles. The van der Waals surface area contributed by atoms with Crippen LogP contribution in [0.5, 0.6) is 5.75 Å². The fraction of sp³-hybridized carbons (Fsp3) is 0.290. The number of allylic oxidation sites excluding steroid dienone is 4. The minimum Gasteiger partial charge on any atom is -0.488 e. The second-order valence-corrected chi connectivity index (χ2v) is 9.59. The maximum Gasteiger partial charge on any atom is 0.128 e. The number of H-pyrrole nitrogens is 2. The summed E-state index contributed by atoms with van der Waals surface area (Å²) in [4.78, 5) is 16.5. The molecule has 36 heavy (non-hydrogen) atoms. The van der Waals surface area contributed by atoms with Crippen molar-refractivity contribution in [1.82, 2.24) is 19.9 Å². The number of aryl methyl sites for hydroxylation is 2. The summed E-state index contributed by atoms with van der Waals surface area (Å²) in [5.41, 5.74) is 10.7. The van der Waals surface area contributed by atoms with Gasteiger partial charge in [-0.25, -0.2) is 9.97 Å². The smallest absolute Gasteiger partial charge is 0.128 e. The average Bonchev–Trinajstić information content (AvgIpc) is 3.55. The summed E-state index contributed by atoms with van der Waals surface area (Å²) >= 11 is 0. The third kappa shape index (κ3) is 4.19. The van der Waals surface area contributed by atoms with Crippen LogP contribution in [0.1, 0.15) is 55.2 Å². The van der Waals surface area contributed by atoms with Gasteiger partial charge in [0.15, 0.2) is 0 Å². The molecule has 0 fully saturated rings. The van der Waals surface area contributed by atoms with Crippen LogP contribution in [0.2, 0.25) is 0 Å². The van der Waals surface area contributed by atoms with E-state index in [1.165, 1.54) is 33.5 Å². The van der Waals surface area contributed by atoms with Crippen molar-refractivity contribution in [3.05, 3.63) is 89.3 Å². The zero-order valence-electron chi connectivity index (χ0n) is 21.0.